The van der Waals surface area contributed by atoms with Crippen molar-refractivity contribution in [3.05, 3.63) is 42.0 Å². The lowest BCUT2D eigenvalue weighted by molar-refractivity contribution is -0.159. The van der Waals surface area contributed by atoms with Crippen LogP contribution in [-0.4, -0.2) is 83.7 Å². The average Bonchev–Trinajstić information content (AvgIpc) is 2.75. The van der Waals surface area contributed by atoms with E-state index in [9.17, 15) is 4.79 Å². The molecule has 158 valence electrons. The number of piperidine rings is 1. The molecule has 0 radical (unpaired) electrons. The summed E-state index contributed by atoms with van der Waals surface area (Å²) in [5.41, 5.74) is 1.24. The number of carboxylic acid groups (broad SMARTS) is 2. The number of rotatable bonds is 4. The van der Waals surface area contributed by atoms with E-state index < -0.39 is 11.9 Å². The Hall–Kier alpha value is -2.71. The minimum Gasteiger partial charge on any atom is -0.473 e. The van der Waals surface area contributed by atoms with Crippen molar-refractivity contribution in [2.24, 2.45) is 5.92 Å². The lowest BCUT2D eigenvalue weighted by Gasteiger charge is -2.36. The van der Waals surface area contributed by atoms with E-state index in [0.29, 0.717) is 5.91 Å². The van der Waals surface area contributed by atoms with Crippen LogP contribution in [0.25, 0.3) is 6.08 Å². The molecule has 3 rings (SSSR count). The van der Waals surface area contributed by atoms with E-state index in [0.717, 1.165) is 58.7 Å². The minimum absolute atomic E-state index is 0.251. The van der Waals surface area contributed by atoms with Gasteiger partial charge in [0.15, 0.2) is 0 Å². The van der Waals surface area contributed by atoms with Crippen molar-refractivity contribution in [2.45, 2.75) is 12.8 Å². The molecule has 2 heterocycles. The van der Waals surface area contributed by atoms with Crippen LogP contribution < -0.4 is 5.32 Å². The molecule has 2 fully saturated rings. The highest BCUT2D eigenvalue weighted by Gasteiger charge is 2.27. The van der Waals surface area contributed by atoms with E-state index in [1.54, 1.807) is 0 Å². The van der Waals surface area contributed by atoms with Gasteiger partial charge in [-0.1, -0.05) is 42.5 Å². The summed E-state index contributed by atoms with van der Waals surface area (Å²) in [5.74, 6) is -3.02. The first kappa shape index (κ1) is 22.6. The van der Waals surface area contributed by atoms with Gasteiger partial charge in [0.1, 0.15) is 0 Å². The third-order valence-corrected chi connectivity index (χ3v) is 5.03. The number of carbonyl (C=O) groups is 3. The standard InChI is InChI=1S/C19H27N3O.C2H2O4/c23-19(18-8-10-20-11-9-18)22-15-13-21(14-16-22)12-4-7-17-5-2-1-3-6-17;3-1(4)2(5)6/h1-7,18,20H,8-16H2;(H,3,4)(H,5,6)/b7-4+;. The fourth-order valence-corrected chi connectivity index (χ4v) is 3.38. The van der Waals surface area contributed by atoms with Gasteiger partial charge in [0.05, 0.1) is 0 Å². The Morgan fingerprint density at radius 2 is 1.55 bits per heavy atom. The Bertz CT molecular complexity index is 682. The normalized spacial score (nSPS) is 18.1. The van der Waals surface area contributed by atoms with E-state index in [2.05, 4.69) is 51.5 Å². The highest BCUT2D eigenvalue weighted by Crippen LogP contribution is 2.16. The smallest absolute Gasteiger partial charge is 0.414 e. The van der Waals surface area contributed by atoms with E-state index in [4.69, 9.17) is 19.8 Å². The van der Waals surface area contributed by atoms with Gasteiger partial charge < -0.3 is 20.4 Å². The first-order valence-corrected chi connectivity index (χ1v) is 9.87. The predicted octanol–water partition coefficient (Wildman–Crippen LogP) is 0.999. The molecule has 0 saturated carbocycles. The molecule has 3 N–H and O–H groups in total. The van der Waals surface area contributed by atoms with Crippen LogP contribution >= 0.6 is 0 Å². The largest absolute Gasteiger partial charge is 0.473 e. The second-order valence-corrected chi connectivity index (χ2v) is 7.07. The molecule has 1 aromatic rings. The highest BCUT2D eigenvalue weighted by atomic mass is 16.4. The SMILES string of the molecule is O=C(C1CCNCC1)N1CCN(C/C=C/c2ccccc2)CC1.O=C(O)C(=O)O. The third-order valence-electron chi connectivity index (χ3n) is 5.03. The number of benzene rings is 1. The summed E-state index contributed by atoms with van der Waals surface area (Å²) in [5, 5.41) is 18.1. The Kier molecular flexibility index (Phi) is 9.33. The molecule has 2 aliphatic rings. The van der Waals surface area contributed by atoms with Crippen LogP contribution in [0.4, 0.5) is 0 Å². The van der Waals surface area contributed by atoms with Crippen molar-refractivity contribution < 1.29 is 24.6 Å². The number of hydrogen-bond acceptors (Lipinski definition) is 5. The summed E-state index contributed by atoms with van der Waals surface area (Å²) >= 11 is 0. The van der Waals surface area contributed by atoms with Gasteiger partial charge in [-0.25, -0.2) is 9.59 Å². The molecule has 29 heavy (non-hydrogen) atoms. The summed E-state index contributed by atoms with van der Waals surface area (Å²) in [7, 11) is 0. The van der Waals surface area contributed by atoms with E-state index >= 15 is 0 Å². The van der Waals surface area contributed by atoms with Crippen molar-refractivity contribution in [3.63, 3.8) is 0 Å². The summed E-state index contributed by atoms with van der Waals surface area (Å²) in [6.45, 7) is 6.65. The molecule has 0 aromatic heterocycles. The highest BCUT2D eigenvalue weighted by molar-refractivity contribution is 6.27. The molecular weight excluding hydrogens is 374 g/mol. The first-order valence-electron chi connectivity index (χ1n) is 9.87. The molecule has 2 aliphatic heterocycles. The van der Waals surface area contributed by atoms with Crippen LogP contribution in [0.5, 0.6) is 0 Å². The van der Waals surface area contributed by atoms with E-state index in [1.165, 1.54) is 5.56 Å². The summed E-state index contributed by atoms with van der Waals surface area (Å²) < 4.78 is 0. The molecule has 0 spiro atoms. The van der Waals surface area contributed by atoms with Gasteiger partial charge in [0, 0.05) is 38.6 Å². The minimum atomic E-state index is -1.82. The Balaban J connectivity index is 0.000000438. The maximum Gasteiger partial charge on any atom is 0.414 e. The van der Waals surface area contributed by atoms with Crippen LogP contribution in [0.3, 0.4) is 0 Å². The summed E-state index contributed by atoms with van der Waals surface area (Å²) in [4.78, 5) is 35.2. The molecule has 0 unspecified atom stereocenters. The number of aliphatic carboxylic acids is 2. The lowest BCUT2D eigenvalue weighted by atomic mass is 9.96. The third kappa shape index (κ3) is 8.05. The second kappa shape index (κ2) is 12.0. The number of amides is 1. The Labute approximate surface area is 170 Å². The number of piperazine rings is 1. The van der Waals surface area contributed by atoms with Crippen LogP contribution in [-0.2, 0) is 14.4 Å². The van der Waals surface area contributed by atoms with Crippen molar-refractivity contribution in [1.29, 1.82) is 0 Å². The molecule has 8 heteroatoms. The zero-order chi connectivity index (χ0) is 21.1. The number of carbonyl (C=O) groups excluding carboxylic acids is 1. The Morgan fingerprint density at radius 3 is 2.10 bits per heavy atom. The molecule has 0 atom stereocenters. The lowest BCUT2D eigenvalue weighted by Crippen LogP contribution is -2.51. The van der Waals surface area contributed by atoms with Gasteiger partial charge >= 0.3 is 11.9 Å². The van der Waals surface area contributed by atoms with Gasteiger partial charge in [-0.2, -0.15) is 0 Å². The topological polar surface area (TPSA) is 110 Å². The maximum absolute atomic E-state index is 12.5. The summed E-state index contributed by atoms with van der Waals surface area (Å²) in [6.07, 6.45) is 6.39. The molecule has 1 aromatic carbocycles. The quantitative estimate of drug-likeness (QED) is 0.643. The van der Waals surface area contributed by atoms with E-state index in [-0.39, 0.29) is 5.92 Å². The van der Waals surface area contributed by atoms with Crippen molar-refractivity contribution in [2.75, 3.05) is 45.8 Å². The van der Waals surface area contributed by atoms with Crippen LogP contribution in [0, 0.1) is 5.92 Å². The zero-order valence-corrected chi connectivity index (χ0v) is 16.5. The first-order chi connectivity index (χ1) is 14.0. The zero-order valence-electron chi connectivity index (χ0n) is 16.5. The monoisotopic (exact) mass is 403 g/mol. The molecule has 0 bridgehead atoms. The maximum atomic E-state index is 12.5. The van der Waals surface area contributed by atoms with Crippen LogP contribution in [0.15, 0.2) is 36.4 Å². The van der Waals surface area contributed by atoms with Crippen molar-refractivity contribution >= 4 is 23.9 Å². The number of nitrogens with one attached hydrogen (secondary N) is 1. The average molecular weight is 403 g/mol. The fraction of sp³-hybridized carbons (Fsp3) is 0.476. The molecule has 0 aliphatic carbocycles. The fourth-order valence-electron chi connectivity index (χ4n) is 3.38. The molecule has 1 amide bonds. The Morgan fingerprint density at radius 1 is 0.966 bits per heavy atom. The van der Waals surface area contributed by atoms with Gasteiger partial charge in [-0.15, -0.1) is 0 Å². The second-order valence-electron chi connectivity index (χ2n) is 7.07. The van der Waals surface area contributed by atoms with Gasteiger partial charge in [-0.05, 0) is 31.5 Å². The van der Waals surface area contributed by atoms with Gasteiger partial charge in [0.25, 0.3) is 0 Å². The number of carboxylic acids is 2. The van der Waals surface area contributed by atoms with Crippen molar-refractivity contribution in [3.8, 4) is 0 Å². The predicted molar refractivity (Wildman–Crippen MR) is 109 cm³/mol. The molecule has 2 saturated heterocycles. The number of hydrogen-bond donors (Lipinski definition) is 3. The number of nitrogens with zero attached hydrogens (tertiary/aromatic N) is 2. The van der Waals surface area contributed by atoms with E-state index in [1.807, 2.05) is 6.07 Å². The molecule has 8 nitrogen and oxygen atoms in total. The van der Waals surface area contributed by atoms with Crippen molar-refractivity contribution in [1.82, 2.24) is 15.1 Å². The summed E-state index contributed by atoms with van der Waals surface area (Å²) in [6, 6.07) is 10.4. The van der Waals surface area contributed by atoms with Gasteiger partial charge in [-0.3, -0.25) is 9.69 Å². The van der Waals surface area contributed by atoms with Crippen LogP contribution in [0.1, 0.15) is 18.4 Å². The molecular formula is C21H29N3O5. The van der Waals surface area contributed by atoms with Crippen LogP contribution in [0.2, 0.25) is 0 Å². The van der Waals surface area contributed by atoms with Gasteiger partial charge in [0.2, 0.25) is 5.91 Å².